The van der Waals surface area contributed by atoms with Gasteiger partial charge in [-0.05, 0) is 40.5 Å². The summed E-state index contributed by atoms with van der Waals surface area (Å²) in [5.41, 5.74) is 1.27. The van der Waals surface area contributed by atoms with Gasteiger partial charge in [0.25, 0.3) is 5.91 Å². The Labute approximate surface area is 132 Å². The van der Waals surface area contributed by atoms with Gasteiger partial charge >= 0.3 is 0 Å². The van der Waals surface area contributed by atoms with Crippen LogP contribution in [0.25, 0.3) is 0 Å². The Morgan fingerprint density at radius 2 is 2.24 bits per heavy atom. The molecule has 0 radical (unpaired) electrons. The Kier molecular flexibility index (Phi) is 5.27. The molecule has 0 unspecified atom stereocenters. The van der Waals surface area contributed by atoms with Gasteiger partial charge in [0.05, 0.1) is 17.4 Å². The summed E-state index contributed by atoms with van der Waals surface area (Å²) in [6.45, 7) is 2.83. The molecular weight excluding hydrogens is 332 g/mol. The monoisotopic (exact) mass is 348 g/mol. The largest absolute Gasteiger partial charge is 0.369 e. The fraction of sp³-hybridized carbons (Fsp3) is 0.267. The van der Waals surface area contributed by atoms with Crippen LogP contribution in [0.4, 0.5) is 11.5 Å². The molecule has 0 atom stereocenters. The highest BCUT2D eigenvalue weighted by Gasteiger charge is 2.18. The molecule has 0 bridgehead atoms. The van der Waals surface area contributed by atoms with Gasteiger partial charge < -0.3 is 10.2 Å². The molecule has 1 N–H and O–H groups in total. The van der Waals surface area contributed by atoms with Crippen LogP contribution in [0.3, 0.4) is 0 Å². The predicted octanol–water partition coefficient (Wildman–Crippen LogP) is 3.34. The van der Waals surface area contributed by atoms with Gasteiger partial charge in [0, 0.05) is 30.5 Å². The van der Waals surface area contributed by atoms with E-state index in [1.807, 2.05) is 6.07 Å². The zero-order valence-corrected chi connectivity index (χ0v) is 13.6. The summed E-state index contributed by atoms with van der Waals surface area (Å²) in [5.74, 6) is 0.469. The van der Waals surface area contributed by atoms with Crippen molar-refractivity contribution >= 4 is 33.3 Å². The standard InChI is InChI=1S/C15H17BrN4O/c1-3-6-18-14-13(8-11(16)9-19-14)15(21)20(2)12-5-4-7-17-10-12/h4-5,7-10H,3,6H2,1-2H3,(H,18,19). The van der Waals surface area contributed by atoms with Crippen LogP contribution >= 0.6 is 15.9 Å². The van der Waals surface area contributed by atoms with Crippen molar-refractivity contribution in [3.05, 3.63) is 46.8 Å². The Hall–Kier alpha value is -1.95. The van der Waals surface area contributed by atoms with Gasteiger partial charge in [-0.1, -0.05) is 6.92 Å². The second-order valence-electron chi connectivity index (χ2n) is 4.55. The zero-order chi connectivity index (χ0) is 15.2. The van der Waals surface area contributed by atoms with E-state index in [9.17, 15) is 4.79 Å². The van der Waals surface area contributed by atoms with Crippen molar-refractivity contribution < 1.29 is 4.79 Å². The van der Waals surface area contributed by atoms with Gasteiger partial charge in [0.2, 0.25) is 0 Å². The SMILES string of the molecule is CCCNc1ncc(Br)cc1C(=O)N(C)c1cccnc1. The van der Waals surface area contributed by atoms with Crippen molar-refractivity contribution in [1.82, 2.24) is 9.97 Å². The molecule has 6 heteroatoms. The summed E-state index contributed by atoms with van der Waals surface area (Å²) < 4.78 is 0.771. The average Bonchev–Trinajstić information content (AvgIpc) is 2.53. The first-order chi connectivity index (χ1) is 10.1. The minimum absolute atomic E-state index is 0.129. The van der Waals surface area contributed by atoms with Crippen molar-refractivity contribution in [2.24, 2.45) is 0 Å². The van der Waals surface area contributed by atoms with Gasteiger partial charge in [-0.2, -0.15) is 0 Å². The molecule has 21 heavy (non-hydrogen) atoms. The average molecular weight is 349 g/mol. The summed E-state index contributed by atoms with van der Waals surface area (Å²) >= 11 is 3.36. The molecule has 110 valence electrons. The zero-order valence-electron chi connectivity index (χ0n) is 12.0. The predicted molar refractivity (Wildman–Crippen MR) is 87.7 cm³/mol. The lowest BCUT2D eigenvalue weighted by molar-refractivity contribution is 0.0993. The number of aromatic nitrogens is 2. The van der Waals surface area contributed by atoms with Gasteiger partial charge in [0.1, 0.15) is 5.82 Å². The van der Waals surface area contributed by atoms with Gasteiger partial charge in [-0.15, -0.1) is 0 Å². The van der Waals surface area contributed by atoms with E-state index in [1.54, 1.807) is 42.7 Å². The van der Waals surface area contributed by atoms with Crippen LogP contribution in [0, 0.1) is 0 Å². The number of amides is 1. The fourth-order valence-corrected chi connectivity index (χ4v) is 2.17. The van der Waals surface area contributed by atoms with Crippen LogP contribution in [-0.2, 0) is 0 Å². The number of hydrogen-bond donors (Lipinski definition) is 1. The molecule has 0 fully saturated rings. The number of carbonyl (C=O) groups excluding carboxylic acids is 1. The van der Waals surface area contributed by atoms with Crippen LogP contribution in [0.5, 0.6) is 0 Å². The Morgan fingerprint density at radius 1 is 1.43 bits per heavy atom. The maximum Gasteiger partial charge on any atom is 0.261 e. The Balaban J connectivity index is 2.31. The molecule has 2 aromatic rings. The Bertz CT molecular complexity index is 618. The third-order valence-corrected chi connectivity index (χ3v) is 3.40. The lowest BCUT2D eigenvalue weighted by atomic mass is 10.2. The second kappa shape index (κ2) is 7.17. The first-order valence-electron chi connectivity index (χ1n) is 6.71. The fourth-order valence-electron chi connectivity index (χ4n) is 1.84. The number of nitrogens with one attached hydrogen (secondary N) is 1. The van der Waals surface area contributed by atoms with Gasteiger partial charge in [-0.3, -0.25) is 9.78 Å². The van der Waals surface area contributed by atoms with Crippen molar-refractivity contribution in [1.29, 1.82) is 0 Å². The molecule has 5 nitrogen and oxygen atoms in total. The van der Waals surface area contributed by atoms with E-state index in [0.29, 0.717) is 11.4 Å². The number of halogens is 1. The lowest BCUT2D eigenvalue weighted by Gasteiger charge is -2.19. The molecular formula is C15H17BrN4O. The minimum atomic E-state index is -0.129. The summed E-state index contributed by atoms with van der Waals surface area (Å²) in [7, 11) is 1.73. The molecule has 0 spiro atoms. The number of hydrogen-bond acceptors (Lipinski definition) is 4. The van der Waals surface area contributed by atoms with Crippen molar-refractivity contribution in [3.8, 4) is 0 Å². The highest BCUT2D eigenvalue weighted by atomic mass is 79.9. The van der Waals surface area contributed by atoms with E-state index >= 15 is 0 Å². The lowest BCUT2D eigenvalue weighted by Crippen LogP contribution is -2.27. The van der Waals surface area contributed by atoms with Crippen molar-refractivity contribution in [2.45, 2.75) is 13.3 Å². The smallest absolute Gasteiger partial charge is 0.261 e. The molecule has 0 aliphatic carbocycles. The third-order valence-electron chi connectivity index (χ3n) is 2.97. The van der Waals surface area contributed by atoms with Crippen LogP contribution in [0.2, 0.25) is 0 Å². The maximum atomic E-state index is 12.7. The number of anilines is 2. The second-order valence-corrected chi connectivity index (χ2v) is 5.47. The summed E-state index contributed by atoms with van der Waals surface area (Å²) in [4.78, 5) is 22.6. The van der Waals surface area contributed by atoms with Gasteiger partial charge in [-0.25, -0.2) is 4.98 Å². The van der Waals surface area contributed by atoms with E-state index in [0.717, 1.165) is 23.1 Å². The molecule has 2 aromatic heterocycles. The van der Waals surface area contributed by atoms with Crippen LogP contribution in [-0.4, -0.2) is 29.5 Å². The molecule has 0 aromatic carbocycles. The van der Waals surface area contributed by atoms with E-state index in [-0.39, 0.29) is 5.91 Å². The molecule has 0 saturated heterocycles. The topological polar surface area (TPSA) is 58.1 Å². The number of carbonyl (C=O) groups is 1. The highest BCUT2D eigenvalue weighted by Crippen LogP contribution is 2.22. The van der Waals surface area contributed by atoms with Crippen molar-refractivity contribution in [3.63, 3.8) is 0 Å². The first-order valence-corrected chi connectivity index (χ1v) is 7.50. The highest BCUT2D eigenvalue weighted by molar-refractivity contribution is 9.10. The maximum absolute atomic E-state index is 12.7. The molecule has 1 amide bonds. The number of pyridine rings is 2. The molecule has 0 saturated carbocycles. The summed E-state index contributed by atoms with van der Waals surface area (Å²) in [5, 5.41) is 3.18. The molecule has 2 heterocycles. The minimum Gasteiger partial charge on any atom is -0.369 e. The summed E-state index contributed by atoms with van der Waals surface area (Å²) in [6, 6.07) is 5.42. The quantitative estimate of drug-likeness (QED) is 0.900. The van der Waals surface area contributed by atoms with E-state index in [2.05, 4.69) is 38.1 Å². The number of rotatable bonds is 5. The van der Waals surface area contributed by atoms with Crippen LogP contribution < -0.4 is 10.2 Å². The van der Waals surface area contributed by atoms with Crippen LogP contribution in [0.15, 0.2) is 41.3 Å². The Morgan fingerprint density at radius 3 is 2.90 bits per heavy atom. The van der Waals surface area contributed by atoms with Crippen molar-refractivity contribution in [2.75, 3.05) is 23.8 Å². The van der Waals surface area contributed by atoms with E-state index in [1.165, 1.54) is 0 Å². The third kappa shape index (κ3) is 3.78. The molecule has 2 rings (SSSR count). The summed E-state index contributed by atoms with van der Waals surface area (Å²) in [6.07, 6.45) is 5.97. The van der Waals surface area contributed by atoms with Crippen LogP contribution in [0.1, 0.15) is 23.7 Å². The first kappa shape index (κ1) is 15.4. The molecule has 0 aliphatic rings. The van der Waals surface area contributed by atoms with E-state index < -0.39 is 0 Å². The van der Waals surface area contributed by atoms with Gasteiger partial charge in [0.15, 0.2) is 0 Å². The van der Waals surface area contributed by atoms with E-state index in [4.69, 9.17) is 0 Å². The number of nitrogens with zero attached hydrogens (tertiary/aromatic N) is 3. The normalized spacial score (nSPS) is 10.2. The molecule has 0 aliphatic heterocycles.